The zero-order valence-corrected chi connectivity index (χ0v) is 24.3. The van der Waals surface area contributed by atoms with Crippen LogP contribution in [-0.4, -0.2) is 80.1 Å². The summed E-state index contributed by atoms with van der Waals surface area (Å²) in [4.78, 5) is 46.0. The number of methoxy groups -OCH3 is 2. The third-order valence-electron chi connectivity index (χ3n) is 8.96. The van der Waals surface area contributed by atoms with Gasteiger partial charge in [0.2, 0.25) is 11.8 Å². The number of para-hydroxylation sites is 1. The van der Waals surface area contributed by atoms with Crippen molar-refractivity contribution in [3.63, 3.8) is 0 Å². The minimum Gasteiger partial charge on any atom is -0.493 e. The molecule has 5 rings (SSSR count). The maximum atomic E-state index is 14.0. The highest BCUT2D eigenvalue weighted by atomic mass is 16.5. The zero-order chi connectivity index (χ0) is 28.8. The number of carbonyl (C=O) groups is 3. The van der Waals surface area contributed by atoms with Crippen molar-refractivity contribution in [2.24, 2.45) is 5.92 Å². The van der Waals surface area contributed by atoms with Gasteiger partial charge >= 0.3 is 0 Å². The van der Waals surface area contributed by atoms with Gasteiger partial charge in [0.15, 0.2) is 11.5 Å². The molecule has 0 atom stereocenters. The molecule has 2 saturated heterocycles. The van der Waals surface area contributed by atoms with E-state index in [0.29, 0.717) is 57.1 Å². The van der Waals surface area contributed by atoms with Gasteiger partial charge in [-0.25, -0.2) is 0 Å². The van der Waals surface area contributed by atoms with E-state index >= 15 is 0 Å². The van der Waals surface area contributed by atoms with E-state index in [1.807, 2.05) is 53.4 Å². The number of likely N-dealkylation sites (tertiary alicyclic amines) is 1. The second-order valence-corrected chi connectivity index (χ2v) is 11.4. The Morgan fingerprint density at radius 2 is 1.66 bits per heavy atom. The number of hydrogen-bond acceptors (Lipinski definition) is 6. The van der Waals surface area contributed by atoms with E-state index in [-0.39, 0.29) is 30.2 Å². The predicted octanol–water partition coefficient (Wildman–Crippen LogP) is 3.61. The Hall–Kier alpha value is -3.75. The number of ether oxygens (including phenoxy) is 2. The lowest BCUT2D eigenvalue weighted by atomic mass is 9.83. The number of rotatable bonds is 9. The molecule has 1 aliphatic carbocycles. The van der Waals surface area contributed by atoms with Crippen LogP contribution in [0, 0.1) is 5.92 Å². The predicted molar refractivity (Wildman–Crippen MR) is 157 cm³/mol. The van der Waals surface area contributed by atoms with E-state index < -0.39 is 5.54 Å². The van der Waals surface area contributed by atoms with Crippen LogP contribution in [0.25, 0.3) is 0 Å². The second kappa shape index (κ2) is 12.8. The Kier molecular flexibility index (Phi) is 9.00. The van der Waals surface area contributed by atoms with Gasteiger partial charge in [-0.1, -0.05) is 43.5 Å². The Morgan fingerprint density at radius 1 is 0.951 bits per heavy atom. The Labute approximate surface area is 242 Å². The minimum absolute atomic E-state index is 0.000565. The van der Waals surface area contributed by atoms with Crippen LogP contribution >= 0.6 is 0 Å². The average molecular weight is 563 g/mol. The summed E-state index contributed by atoms with van der Waals surface area (Å²) < 4.78 is 10.7. The summed E-state index contributed by atoms with van der Waals surface area (Å²) in [5.74, 6) is 1.48. The van der Waals surface area contributed by atoms with Gasteiger partial charge in [0.25, 0.3) is 5.91 Å². The van der Waals surface area contributed by atoms with E-state index in [0.717, 1.165) is 36.9 Å². The molecule has 3 amide bonds. The minimum atomic E-state index is -0.745. The topological polar surface area (TPSA) is 91.4 Å². The molecule has 0 radical (unpaired) electrons. The Bertz CT molecular complexity index is 1220. The summed E-state index contributed by atoms with van der Waals surface area (Å²) >= 11 is 0. The molecule has 2 aromatic rings. The average Bonchev–Trinajstić information content (AvgIpc) is 3.27. The smallest absolute Gasteiger partial charge is 0.250 e. The molecule has 2 aliphatic heterocycles. The molecule has 1 spiro atoms. The Morgan fingerprint density at radius 3 is 2.34 bits per heavy atom. The molecule has 9 heteroatoms. The SMILES string of the molecule is COc1ccc(CCNC(=O)CN2CN(c3ccccc3)C3(CCN(C(=O)C4CCCCC4)CC3)C2=O)cc1OC. The van der Waals surface area contributed by atoms with Crippen molar-refractivity contribution in [3.8, 4) is 11.5 Å². The molecule has 0 bridgehead atoms. The van der Waals surface area contributed by atoms with Gasteiger partial charge in [-0.2, -0.15) is 0 Å². The number of carbonyl (C=O) groups excluding carboxylic acids is 3. The van der Waals surface area contributed by atoms with Gasteiger partial charge in [0.1, 0.15) is 12.1 Å². The van der Waals surface area contributed by atoms with Crippen molar-refractivity contribution >= 4 is 23.4 Å². The lowest BCUT2D eigenvalue weighted by Gasteiger charge is -2.44. The van der Waals surface area contributed by atoms with Crippen LogP contribution in [0.2, 0.25) is 0 Å². The van der Waals surface area contributed by atoms with Gasteiger partial charge in [0, 0.05) is 31.2 Å². The van der Waals surface area contributed by atoms with Crippen molar-refractivity contribution in [1.29, 1.82) is 0 Å². The molecule has 220 valence electrons. The van der Waals surface area contributed by atoms with E-state index in [4.69, 9.17) is 9.47 Å². The first kappa shape index (κ1) is 28.8. The van der Waals surface area contributed by atoms with Gasteiger partial charge in [0.05, 0.1) is 20.9 Å². The number of nitrogens with zero attached hydrogens (tertiary/aromatic N) is 3. The molecule has 0 aromatic heterocycles. The molecule has 2 heterocycles. The molecule has 41 heavy (non-hydrogen) atoms. The number of benzene rings is 2. The standard InChI is InChI=1S/C32H42N4O5/c1-40-27-14-13-24(21-28(27)41-2)15-18-33-29(37)22-35-23-36(26-11-7-4-8-12-26)32(31(35)39)16-19-34(20-17-32)30(38)25-9-5-3-6-10-25/h4,7-8,11-14,21,25H,3,5-6,9-10,15-20,22-23H2,1-2H3,(H,33,37). The van der Waals surface area contributed by atoms with Crippen LogP contribution in [0.5, 0.6) is 11.5 Å². The highest BCUT2D eigenvalue weighted by Gasteiger charge is 2.54. The number of amides is 3. The highest BCUT2D eigenvalue weighted by molar-refractivity contribution is 5.96. The number of anilines is 1. The summed E-state index contributed by atoms with van der Waals surface area (Å²) in [6, 6.07) is 15.6. The van der Waals surface area contributed by atoms with Crippen molar-refractivity contribution in [2.75, 3.05) is 52.0 Å². The van der Waals surface area contributed by atoms with Gasteiger partial charge in [-0.15, -0.1) is 0 Å². The van der Waals surface area contributed by atoms with Crippen LogP contribution in [-0.2, 0) is 20.8 Å². The second-order valence-electron chi connectivity index (χ2n) is 11.4. The Balaban J connectivity index is 1.22. The summed E-state index contributed by atoms with van der Waals surface area (Å²) in [5.41, 5.74) is 1.23. The van der Waals surface area contributed by atoms with Crippen molar-refractivity contribution in [3.05, 3.63) is 54.1 Å². The van der Waals surface area contributed by atoms with Crippen LogP contribution in [0.15, 0.2) is 48.5 Å². The van der Waals surface area contributed by atoms with E-state index in [9.17, 15) is 14.4 Å². The fraction of sp³-hybridized carbons (Fsp3) is 0.531. The van der Waals surface area contributed by atoms with Crippen molar-refractivity contribution in [2.45, 2.75) is 56.9 Å². The van der Waals surface area contributed by atoms with Gasteiger partial charge in [-0.05, 0) is 61.9 Å². The van der Waals surface area contributed by atoms with Gasteiger partial charge < -0.3 is 29.5 Å². The summed E-state index contributed by atoms with van der Waals surface area (Å²) in [6.45, 7) is 1.93. The normalized spacial score (nSPS) is 19.0. The molecular formula is C32H42N4O5. The molecule has 1 N–H and O–H groups in total. The monoisotopic (exact) mass is 562 g/mol. The molecule has 9 nitrogen and oxygen atoms in total. The fourth-order valence-corrected chi connectivity index (χ4v) is 6.64. The third-order valence-corrected chi connectivity index (χ3v) is 8.96. The molecular weight excluding hydrogens is 520 g/mol. The van der Waals surface area contributed by atoms with E-state index in [2.05, 4.69) is 10.2 Å². The summed E-state index contributed by atoms with van der Waals surface area (Å²) in [7, 11) is 3.20. The molecule has 2 aromatic carbocycles. The van der Waals surface area contributed by atoms with Crippen LogP contribution < -0.4 is 19.7 Å². The maximum Gasteiger partial charge on any atom is 0.250 e. The number of piperidine rings is 1. The summed E-state index contributed by atoms with van der Waals surface area (Å²) in [5, 5.41) is 2.97. The molecule has 3 aliphatic rings. The van der Waals surface area contributed by atoms with Crippen molar-refractivity contribution < 1.29 is 23.9 Å². The quantitative estimate of drug-likeness (QED) is 0.502. The first-order valence-electron chi connectivity index (χ1n) is 14.8. The van der Waals surface area contributed by atoms with Crippen LogP contribution in [0.1, 0.15) is 50.5 Å². The first-order chi connectivity index (χ1) is 19.9. The lowest BCUT2D eigenvalue weighted by molar-refractivity contribution is -0.142. The first-order valence-corrected chi connectivity index (χ1v) is 14.8. The summed E-state index contributed by atoms with van der Waals surface area (Å²) in [6.07, 6.45) is 7.18. The zero-order valence-electron chi connectivity index (χ0n) is 24.3. The van der Waals surface area contributed by atoms with Crippen LogP contribution in [0.3, 0.4) is 0 Å². The largest absolute Gasteiger partial charge is 0.493 e. The van der Waals surface area contributed by atoms with E-state index in [1.165, 1.54) is 6.42 Å². The van der Waals surface area contributed by atoms with E-state index in [1.54, 1.807) is 19.1 Å². The lowest BCUT2D eigenvalue weighted by Crippen LogP contribution is -2.58. The molecule has 1 saturated carbocycles. The van der Waals surface area contributed by atoms with Crippen molar-refractivity contribution in [1.82, 2.24) is 15.1 Å². The third kappa shape index (κ3) is 6.14. The molecule has 0 unspecified atom stereocenters. The number of hydrogen-bond donors (Lipinski definition) is 1. The number of nitrogens with one attached hydrogen (secondary N) is 1. The van der Waals surface area contributed by atoms with Gasteiger partial charge in [-0.3, -0.25) is 14.4 Å². The van der Waals surface area contributed by atoms with Crippen LogP contribution in [0.4, 0.5) is 5.69 Å². The molecule has 3 fully saturated rings. The fourth-order valence-electron chi connectivity index (χ4n) is 6.64. The maximum absolute atomic E-state index is 14.0. The highest BCUT2D eigenvalue weighted by Crippen LogP contribution is 2.40.